The summed E-state index contributed by atoms with van der Waals surface area (Å²) in [6.45, 7) is 5.30. The summed E-state index contributed by atoms with van der Waals surface area (Å²) in [4.78, 5) is 13.5. The summed E-state index contributed by atoms with van der Waals surface area (Å²) >= 11 is 1.43. The molecule has 2 aliphatic heterocycles. The molecule has 0 radical (unpaired) electrons. The van der Waals surface area contributed by atoms with Crippen molar-refractivity contribution < 1.29 is 9.84 Å². The van der Waals surface area contributed by atoms with Gasteiger partial charge in [-0.2, -0.15) is 0 Å². The van der Waals surface area contributed by atoms with Gasteiger partial charge in [-0.25, -0.2) is 9.97 Å². The summed E-state index contributed by atoms with van der Waals surface area (Å²) in [6, 6.07) is 8.42. The topological polar surface area (TPSA) is 75.4 Å². The molecule has 1 aromatic carbocycles. The average Bonchev–Trinajstić information content (AvgIpc) is 3.40. The van der Waals surface area contributed by atoms with Gasteiger partial charge in [0.1, 0.15) is 11.3 Å². The van der Waals surface area contributed by atoms with Crippen LogP contribution < -0.4 is 10.2 Å². The summed E-state index contributed by atoms with van der Waals surface area (Å²) in [6.07, 6.45) is 2.35. The van der Waals surface area contributed by atoms with Crippen molar-refractivity contribution in [1.29, 1.82) is 0 Å². The first-order valence-electron chi connectivity index (χ1n) is 10.2. The Hall–Kier alpha value is -2.29. The Morgan fingerprint density at radius 3 is 2.79 bits per heavy atom. The van der Waals surface area contributed by atoms with Gasteiger partial charge in [-0.3, -0.25) is 4.57 Å². The normalized spacial score (nSPS) is 21.4. The zero-order valence-corrected chi connectivity index (χ0v) is 17.1. The smallest absolute Gasteiger partial charge is 0.178 e. The molecule has 1 aliphatic carbocycles. The number of aliphatic hydroxyl groups is 1. The molecule has 3 aromatic rings. The maximum absolute atomic E-state index is 9.92. The number of hydrogen-bond donors (Lipinski definition) is 2. The third-order valence-electron chi connectivity index (χ3n) is 5.78. The van der Waals surface area contributed by atoms with Gasteiger partial charge in [-0.15, -0.1) is 0 Å². The van der Waals surface area contributed by atoms with E-state index in [1.54, 1.807) is 0 Å². The maximum atomic E-state index is 9.92. The van der Waals surface area contributed by atoms with E-state index < -0.39 is 5.56 Å². The Balaban J connectivity index is 1.55. The Labute approximate surface area is 173 Å². The number of aromatic nitrogens is 3. The number of anilines is 2. The van der Waals surface area contributed by atoms with Crippen molar-refractivity contribution >= 4 is 34.3 Å². The van der Waals surface area contributed by atoms with Crippen molar-refractivity contribution in [2.24, 2.45) is 0 Å². The van der Waals surface area contributed by atoms with Gasteiger partial charge in [-0.1, -0.05) is 11.8 Å². The Bertz CT molecular complexity index is 1100. The second-order valence-corrected chi connectivity index (χ2v) is 9.05. The van der Waals surface area contributed by atoms with Crippen LogP contribution in [0.2, 0.25) is 0 Å². The number of hydrogen-bond acceptors (Lipinski definition) is 7. The van der Waals surface area contributed by atoms with E-state index >= 15 is 0 Å². The van der Waals surface area contributed by atoms with Gasteiger partial charge in [0, 0.05) is 29.6 Å². The van der Waals surface area contributed by atoms with Crippen molar-refractivity contribution in [2.75, 3.05) is 36.5 Å². The fraction of sp³-hybridized carbons (Fsp3) is 0.429. The molecular formula is C21H23N5O2S. The standard InChI is InChI=1S/C21H23N5O2S/c1-12-10-16(25-6-8-28-9-7-25)18-20(22-12)26(19(24-18)13-2-3-13)14-4-5-15-17(11-14)29-21(27)23-15/h4-5,10-11,13,21,23,27H,2-3,6-9H2,1H3. The molecule has 2 aromatic heterocycles. The average molecular weight is 410 g/mol. The van der Waals surface area contributed by atoms with E-state index in [4.69, 9.17) is 14.7 Å². The molecule has 2 N–H and O–H groups in total. The van der Waals surface area contributed by atoms with Gasteiger partial charge in [0.05, 0.1) is 30.3 Å². The van der Waals surface area contributed by atoms with Gasteiger partial charge >= 0.3 is 0 Å². The molecular weight excluding hydrogens is 386 g/mol. The van der Waals surface area contributed by atoms with Gasteiger partial charge in [0.15, 0.2) is 11.2 Å². The highest BCUT2D eigenvalue weighted by Gasteiger charge is 2.32. The summed E-state index contributed by atoms with van der Waals surface area (Å²) in [5.41, 5.74) is 5.50. The van der Waals surface area contributed by atoms with Gasteiger partial charge < -0.3 is 20.1 Å². The first kappa shape index (κ1) is 17.6. The molecule has 6 rings (SSSR count). The molecule has 0 spiro atoms. The lowest BCUT2D eigenvalue weighted by molar-refractivity contribution is 0.123. The second-order valence-electron chi connectivity index (χ2n) is 7.93. The number of morpholine rings is 1. The minimum absolute atomic E-state index is 0.492. The van der Waals surface area contributed by atoms with E-state index in [1.165, 1.54) is 24.6 Å². The van der Waals surface area contributed by atoms with Crippen LogP contribution in [0, 0.1) is 6.92 Å². The quantitative estimate of drug-likeness (QED) is 0.688. The predicted octanol–water partition coefficient (Wildman–Crippen LogP) is 3.24. The van der Waals surface area contributed by atoms with E-state index in [0.29, 0.717) is 5.92 Å². The molecule has 3 aliphatic rings. The van der Waals surface area contributed by atoms with Crippen molar-refractivity contribution in [3.63, 3.8) is 0 Å². The molecule has 1 unspecified atom stereocenters. The summed E-state index contributed by atoms with van der Waals surface area (Å²) < 4.78 is 7.78. The van der Waals surface area contributed by atoms with Crippen molar-refractivity contribution in [3.05, 3.63) is 35.8 Å². The predicted molar refractivity (Wildman–Crippen MR) is 114 cm³/mol. The zero-order valence-electron chi connectivity index (χ0n) is 16.3. The summed E-state index contributed by atoms with van der Waals surface area (Å²) in [7, 11) is 0. The van der Waals surface area contributed by atoms with E-state index in [-0.39, 0.29) is 0 Å². The van der Waals surface area contributed by atoms with Crippen molar-refractivity contribution in [3.8, 4) is 5.69 Å². The number of fused-ring (bicyclic) bond motifs is 2. The highest BCUT2D eigenvalue weighted by Crippen LogP contribution is 2.44. The fourth-order valence-corrected chi connectivity index (χ4v) is 5.10. The molecule has 8 heteroatoms. The first-order valence-corrected chi connectivity index (χ1v) is 11.0. The lowest BCUT2D eigenvalue weighted by Crippen LogP contribution is -2.36. The lowest BCUT2D eigenvalue weighted by Gasteiger charge is -2.29. The monoisotopic (exact) mass is 409 g/mol. The van der Waals surface area contributed by atoms with Gasteiger partial charge in [-0.05, 0) is 44.0 Å². The van der Waals surface area contributed by atoms with Crippen LogP contribution in [0.1, 0.15) is 30.3 Å². The van der Waals surface area contributed by atoms with E-state index in [9.17, 15) is 5.11 Å². The van der Waals surface area contributed by atoms with Gasteiger partial charge in [0.2, 0.25) is 0 Å². The molecule has 1 atom stereocenters. The molecule has 29 heavy (non-hydrogen) atoms. The molecule has 0 bridgehead atoms. The number of nitrogens with zero attached hydrogens (tertiary/aromatic N) is 4. The molecule has 2 fully saturated rings. The van der Waals surface area contributed by atoms with Crippen molar-refractivity contribution in [2.45, 2.75) is 36.1 Å². The molecule has 0 amide bonds. The van der Waals surface area contributed by atoms with Crippen LogP contribution in [-0.4, -0.2) is 51.5 Å². The maximum Gasteiger partial charge on any atom is 0.178 e. The van der Waals surface area contributed by atoms with Gasteiger partial charge in [0.25, 0.3) is 0 Å². The molecule has 1 saturated heterocycles. The van der Waals surface area contributed by atoms with Crippen LogP contribution in [0.3, 0.4) is 0 Å². The van der Waals surface area contributed by atoms with Crippen LogP contribution in [0.15, 0.2) is 29.2 Å². The van der Waals surface area contributed by atoms with Crippen LogP contribution in [0.4, 0.5) is 11.4 Å². The van der Waals surface area contributed by atoms with Crippen LogP contribution in [-0.2, 0) is 4.74 Å². The number of benzene rings is 1. The minimum atomic E-state index is -0.587. The first-order chi connectivity index (χ1) is 14.2. The molecule has 7 nitrogen and oxygen atoms in total. The fourth-order valence-electron chi connectivity index (χ4n) is 4.23. The van der Waals surface area contributed by atoms with Crippen LogP contribution in [0.5, 0.6) is 0 Å². The number of pyridine rings is 1. The lowest BCUT2D eigenvalue weighted by atomic mass is 10.2. The number of imidazole rings is 1. The summed E-state index contributed by atoms with van der Waals surface area (Å²) in [5.74, 6) is 1.59. The molecule has 1 saturated carbocycles. The Morgan fingerprint density at radius 2 is 2.00 bits per heavy atom. The van der Waals surface area contributed by atoms with E-state index in [2.05, 4.69) is 39.9 Å². The largest absolute Gasteiger partial charge is 0.378 e. The Morgan fingerprint density at radius 1 is 1.17 bits per heavy atom. The number of nitrogens with one attached hydrogen (secondary N) is 1. The summed E-state index contributed by atoms with van der Waals surface area (Å²) in [5, 5.41) is 13.0. The van der Waals surface area contributed by atoms with E-state index in [1.807, 2.05) is 6.07 Å². The third kappa shape index (κ3) is 2.97. The van der Waals surface area contributed by atoms with Crippen LogP contribution in [0.25, 0.3) is 16.9 Å². The molecule has 4 heterocycles. The third-order valence-corrected chi connectivity index (χ3v) is 6.72. The minimum Gasteiger partial charge on any atom is -0.378 e. The zero-order chi connectivity index (χ0) is 19.5. The number of rotatable bonds is 3. The molecule has 150 valence electrons. The van der Waals surface area contributed by atoms with Crippen molar-refractivity contribution in [1.82, 2.24) is 14.5 Å². The number of aliphatic hydroxyl groups excluding tert-OH is 1. The Kier molecular flexibility index (Phi) is 4.01. The number of aryl methyl sites for hydroxylation is 1. The highest BCUT2D eigenvalue weighted by atomic mass is 32.2. The SMILES string of the molecule is Cc1cc(N2CCOCC2)c2nc(C3CC3)n(-c3ccc4c(c3)SC(O)N4)c2n1. The van der Waals surface area contributed by atoms with E-state index in [0.717, 1.165) is 70.9 Å². The van der Waals surface area contributed by atoms with Crippen LogP contribution >= 0.6 is 11.8 Å². The highest BCUT2D eigenvalue weighted by molar-refractivity contribution is 8.00. The number of thioether (sulfide) groups is 1. The second kappa shape index (κ2) is 6.62. The number of ether oxygens (including phenoxy) is 1.